The number of hydrogen-bond donors (Lipinski definition) is 3. The zero-order valence-electron chi connectivity index (χ0n) is 14.4. The monoisotopic (exact) mass is 382 g/mol. The van der Waals surface area contributed by atoms with Crippen LogP contribution in [0.25, 0.3) is 22.9 Å². The van der Waals surface area contributed by atoms with Gasteiger partial charge in [0.1, 0.15) is 5.76 Å². The number of aliphatic hydroxyl groups is 1. The number of carbonyl (C=O) groups is 1. The van der Waals surface area contributed by atoms with Crippen LogP contribution in [0.1, 0.15) is 23.2 Å². The van der Waals surface area contributed by atoms with Crippen LogP contribution in [0.2, 0.25) is 0 Å². The van der Waals surface area contributed by atoms with Crippen molar-refractivity contribution in [2.24, 2.45) is 0 Å². The van der Waals surface area contributed by atoms with E-state index in [1.54, 1.807) is 12.1 Å². The van der Waals surface area contributed by atoms with Crippen molar-refractivity contribution >= 4 is 17.7 Å². The maximum Gasteiger partial charge on any atom is 0.251 e. The number of aromatic amines is 1. The van der Waals surface area contributed by atoms with Crippen LogP contribution in [0.4, 0.5) is 0 Å². The lowest BCUT2D eigenvalue weighted by Crippen LogP contribution is -2.25. The third kappa shape index (κ3) is 4.22. The Kier molecular flexibility index (Phi) is 4.72. The summed E-state index contributed by atoms with van der Waals surface area (Å²) in [5.41, 5.74) is 1.51. The zero-order valence-corrected chi connectivity index (χ0v) is 15.3. The molecular weight excluding hydrogens is 364 g/mol. The highest BCUT2D eigenvalue weighted by Crippen LogP contribution is 2.28. The van der Waals surface area contributed by atoms with Gasteiger partial charge in [-0.05, 0) is 37.1 Å². The van der Waals surface area contributed by atoms with Gasteiger partial charge in [-0.15, -0.1) is 10.2 Å². The van der Waals surface area contributed by atoms with Gasteiger partial charge in [0.25, 0.3) is 5.91 Å². The van der Waals surface area contributed by atoms with Crippen LogP contribution in [0.15, 0.2) is 58.3 Å². The molecule has 8 heteroatoms. The number of H-pyrrole nitrogens is 1. The second kappa shape index (κ2) is 7.32. The highest BCUT2D eigenvalue weighted by atomic mass is 32.2. The van der Waals surface area contributed by atoms with Gasteiger partial charge in [0.2, 0.25) is 0 Å². The largest absolute Gasteiger partial charge is 0.512 e. The Labute approximate surface area is 159 Å². The molecule has 0 aliphatic heterocycles. The summed E-state index contributed by atoms with van der Waals surface area (Å²) in [6.07, 6.45) is 2.13. The van der Waals surface area contributed by atoms with Crippen molar-refractivity contribution in [3.8, 4) is 22.9 Å². The highest BCUT2D eigenvalue weighted by molar-refractivity contribution is 7.99. The van der Waals surface area contributed by atoms with E-state index in [0.717, 1.165) is 18.4 Å². The van der Waals surface area contributed by atoms with Gasteiger partial charge in [0.05, 0.1) is 11.5 Å². The molecule has 138 valence electrons. The normalized spacial score (nSPS) is 13.5. The Hall–Kier alpha value is -3.00. The molecule has 1 amide bonds. The molecule has 3 aromatic rings. The first-order chi connectivity index (χ1) is 13.1. The lowest BCUT2D eigenvalue weighted by Gasteiger charge is -2.04. The number of nitrogens with one attached hydrogen (secondary N) is 2. The minimum Gasteiger partial charge on any atom is -0.512 e. The van der Waals surface area contributed by atoms with E-state index >= 15 is 0 Å². The quantitative estimate of drug-likeness (QED) is 0.424. The summed E-state index contributed by atoms with van der Waals surface area (Å²) in [4.78, 5) is 15.1. The summed E-state index contributed by atoms with van der Waals surface area (Å²) in [6, 6.07) is 11.3. The molecule has 0 unspecified atom stereocenters. The number of rotatable bonds is 7. The van der Waals surface area contributed by atoms with Gasteiger partial charge in [0, 0.05) is 17.2 Å². The van der Waals surface area contributed by atoms with Crippen LogP contribution in [-0.2, 0) is 0 Å². The van der Waals surface area contributed by atoms with E-state index < -0.39 is 0 Å². The smallest absolute Gasteiger partial charge is 0.251 e. The molecule has 1 aliphatic carbocycles. The van der Waals surface area contributed by atoms with E-state index in [4.69, 9.17) is 9.52 Å². The number of benzene rings is 1. The second-order valence-corrected chi connectivity index (χ2v) is 7.29. The number of carbonyl (C=O) groups excluding carboxylic acids is 1. The summed E-state index contributed by atoms with van der Waals surface area (Å²) >= 11 is 1.30. The Morgan fingerprint density at radius 2 is 1.96 bits per heavy atom. The molecule has 1 aliphatic rings. The minimum atomic E-state index is -0.0403. The Balaban J connectivity index is 1.45. The second-order valence-electron chi connectivity index (χ2n) is 6.32. The molecule has 2 aromatic heterocycles. The van der Waals surface area contributed by atoms with Crippen molar-refractivity contribution in [1.82, 2.24) is 20.5 Å². The van der Waals surface area contributed by atoms with E-state index in [9.17, 15) is 4.79 Å². The maximum atomic E-state index is 12.1. The average molecular weight is 382 g/mol. The van der Waals surface area contributed by atoms with Crippen LogP contribution < -0.4 is 5.32 Å². The van der Waals surface area contributed by atoms with Crippen LogP contribution >= 0.6 is 11.8 Å². The standard InChI is InChI=1S/C19H18N4O3S/c1-11(24)10-27-19-21-17(22-23-19)16-9-8-15(26-16)12-2-4-13(5-3-12)18(25)20-14-6-7-14/h2-5,8-9,14,24H,1,6-7,10H2,(H,20,25)(H,21,22,23). The predicted octanol–water partition coefficient (Wildman–Crippen LogP) is 3.79. The summed E-state index contributed by atoms with van der Waals surface area (Å²) in [6.45, 7) is 3.44. The topological polar surface area (TPSA) is 104 Å². The molecule has 7 nitrogen and oxygen atoms in total. The molecular formula is C19H18N4O3S. The van der Waals surface area contributed by atoms with Crippen LogP contribution in [-0.4, -0.2) is 38.0 Å². The Bertz CT molecular complexity index is 973. The van der Waals surface area contributed by atoms with Crippen LogP contribution in [0.3, 0.4) is 0 Å². The lowest BCUT2D eigenvalue weighted by molar-refractivity contribution is 0.0951. The van der Waals surface area contributed by atoms with Crippen molar-refractivity contribution in [3.63, 3.8) is 0 Å². The third-order valence-electron chi connectivity index (χ3n) is 4.03. The summed E-state index contributed by atoms with van der Waals surface area (Å²) in [7, 11) is 0. The van der Waals surface area contributed by atoms with Crippen molar-refractivity contribution in [2.75, 3.05) is 5.75 Å². The molecule has 2 heterocycles. The summed E-state index contributed by atoms with van der Waals surface area (Å²) in [5.74, 6) is 2.12. The van der Waals surface area contributed by atoms with Gasteiger partial charge in [-0.2, -0.15) is 0 Å². The van der Waals surface area contributed by atoms with E-state index in [-0.39, 0.29) is 11.7 Å². The first-order valence-electron chi connectivity index (χ1n) is 8.52. The predicted molar refractivity (Wildman–Crippen MR) is 103 cm³/mol. The number of furan rings is 1. The van der Waals surface area contributed by atoms with Gasteiger partial charge >= 0.3 is 0 Å². The van der Waals surface area contributed by atoms with Gasteiger partial charge in [-0.1, -0.05) is 30.5 Å². The molecule has 0 radical (unpaired) electrons. The minimum absolute atomic E-state index is 0.0403. The molecule has 3 N–H and O–H groups in total. The van der Waals surface area contributed by atoms with Crippen molar-refractivity contribution in [3.05, 3.63) is 54.3 Å². The van der Waals surface area contributed by atoms with E-state index in [1.807, 2.05) is 24.3 Å². The number of thioether (sulfide) groups is 1. The lowest BCUT2D eigenvalue weighted by atomic mass is 10.1. The van der Waals surface area contributed by atoms with Crippen LogP contribution in [0.5, 0.6) is 0 Å². The first kappa shape index (κ1) is 17.4. The fraction of sp³-hybridized carbons (Fsp3) is 0.211. The third-order valence-corrected chi connectivity index (χ3v) is 4.96. The SMILES string of the molecule is C=C(O)CSc1nnc(-c2ccc(-c3ccc(C(=O)NC4CC4)cc3)o2)[nH]1. The molecule has 0 spiro atoms. The van der Waals surface area contributed by atoms with Gasteiger partial charge in [-0.25, -0.2) is 0 Å². The molecule has 0 saturated heterocycles. The summed E-state index contributed by atoms with van der Waals surface area (Å²) < 4.78 is 5.86. The van der Waals surface area contributed by atoms with E-state index in [1.165, 1.54) is 11.8 Å². The van der Waals surface area contributed by atoms with Gasteiger partial charge in [-0.3, -0.25) is 4.79 Å². The molecule has 4 rings (SSSR count). The number of nitrogens with zero attached hydrogens (tertiary/aromatic N) is 2. The summed E-state index contributed by atoms with van der Waals surface area (Å²) in [5, 5.41) is 20.8. The molecule has 1 aromatic carbocycles. The average Bonchev–Trinajstić information content (AvgIpc) is 3.16. The highest BCUT2D eigenvalue weighted by Gasteiger charge is 2.23. The molecule has 1 saturated carbocycles. The van der Waals surface area contributed by atoms with Crippen LogP contribution in [0, 0.1) is 0 Å². The number of aromatic nitrogens is 3. The molecule has 27 heavy (non-hydrogen) atoms. The molecule has 0 bridgehead atoms. The van der Waals surface area contributed by atoms with Gasteiger partial charge < -0.3 is 19.8 Å². The van der Waals surface area contributed by atoms with Crippen molar-refractivity contribution in [2.45, 2.75) is 24.0 Å². The Morgan fingerprint density at radius 1 is 1.22 bits per heavy atom. The molecule has 0 atom stereocenters. The van der Waals surface area contributed by atoms with E-state index in [2.05, 4.69) is 27.1 Å². The number of aliphatic hydroxyl groups excluding tert-OH is 1. The first-order valence-corrected chi connectivity index (χ1v) is 9.51. The van der Waals surface area contributed by atoms with Gasteiger partial charge in [0.15, 0.2) is 16.7 Å². The van der Waals surface area contributed by atoms with Crippen molar-refractivity contribution in [1.29, 1.82) is 0 Å². The maximum absolute atomic E-state index is 12.1. The van der Waals surface area contributed by atoms with Crippen molar-refractivity contribution < 1.29 is 14.3 Å². The molecule has 1 fully saturated rings. The fourth-order valence-electron chi connectivity index (χ4n) is 2.48. The number of amides is 1. The zero-order chi connectivity index (χ0) is 18.8. The Morgan fingerprint density at radius 3 is 2.67 bits per heavy atom. The fourth-order valence-corrected chi connectivity index (χ4v) is 3.05. The number of hydrogen-bond acceptors (Lipinski definition) is 6. The van der Waals surface area contributed by atoms with E-state index in [0.29, 0.717) is 39.9 Å².